The van der Waals surface area contributed by atoms with Crippen molar-refractivity contribution in [2.75, 3.05) is 26.2 Å². The monoisotopic (exact) mass is 486 g/mol. The van der Waals surface area contributed by atoms with Crippen LogP contribution < -0.4 is 0 Å². The summed E-state index contributed by atoms with van der Waals surface area (Å²) in [6.45, 7) is 3.28. The highest BCUT2D eigenvalue weighted by Crippen LogP contribution is 2.33. The van der Waals surface area contributed by atoms with Crippen molar-refractivity contribution in [2.24, 2.45) is 0 Å². The summed E-state index contributed by atoms with van der Waals surface area (Å²) in [4.78, 5) is 32.0. The van der Waals surface area contributed by atoms with E-state index >= 15 is 0 Å². The van der Waals surface area contributed by atoms with Crippen LogP contribution >= 0.6 is 15.9 Å². The van der Waals surface area contributed by atoms with Gasteiger partial charge in [-0.15, -0.1) is 0 Å². The van der Waals surface area contributed by atoms with E-state index < -0.39 is 18.0 Å². The molecule has 0 radical (unpaired) electrons. The van der Waals surface area contributed by atoms with E-state index in [1.54, 1.807) is 17.0 Å². The van der Waals surface area contributed by atoms with Crippen LogP contribution in [-0.2, 0) is 22.7 Å². The molecule has 8 nitrogen and oxygen atoms in total. The lowest BCUT2D eigenvalue weighted by Crippen LogP contribution is -2.48. The predicted molar refractivity (Wildman–Crippen MR) is 119 cm³/mol. The third kappa shape index (κ3) is 4.79. The molecule has 9 heteroatoms. The van der Waals surface area contributed by atoms with Gasteiger partial charge < -0.3 is 14.8 Å². The average molecular weight is 487 g/mol. The zero-order valence-electron chi connectivity index (χ0n) is 16.8. The number of rotatable bonds is 7. The molecule has 1 fully saturated rings. The van der Waals surface area contributed by atoms with Gasteiger partial charge in [-0.2, -0.15) is 0 Å². The summed E-state index contributed by atoms with van der Waals surface area (Å²) >= 11 is 3.42. The van der Waals surface area contributed by atoms with E-state index in [2.05, 4.69) is 25.8 Å². The number of nitrogens with zero attached hydrogens (tertiary/aromatic N) is 4. The van der Waals surface area contributed by atoms with Crippen molar-refractivity contribution >= 4 is 38.8 Å². The molecule has 1 saturated heterocycles. The lowest BCUT2D eigenvalue weighted by Gasteiger charge is -2.37. The van der Waals surface area contributed by atoms with Gasteiger partial charge in [-0.3, -0.25) is 24.4 Å². The summed E-state index contributed by atoms with van der Waals surface area (Å²) in [6, 6.07) is 8.64. The maximum Gasteiger partial charge on any atom is 0.325 e. The van der Waals surface area contributed by atoms with Crippen LogP contribution in [0.2, 0.25) is 0 Å². The highest BCUT2D eigenvalue weighted by Gasteiger charge is 2.33. The molecule has 1 atom stereocenters. The van der Waals surface area contributed by atoms with Crippen molar-refractivity contribution in [2.45, 2.75) is 19.1 Å². The van der Waals surface area contributed by atoms with E-state index in [1.807, 2.05) is 41.4 Å². The van der Waals surface area contributed by atoms with Gasteiger partial charge in [0, 0.05) is 66.7 Å². The minimum absolute atomic E-state index is 0.224. The van der Waals surface area contributed by atoms with Crippen molar-refractivity contribution in [1.82, 2.24) is 19.4 Å². The SMILES string of the molecule is O=C(O)Cn1cc([C@H](C(=O)O)N2CCN(Cc3cccnc3)CC2)c2ccc(Br)cc21. The van der Waals surface area contributed by atoms with Gasteiger partial charge in [0.1, 0.15) is 12.6 Å². The first-order valence-electron chi connectivity index (χ1n) is 10.0. The number of benzene rings is 1. The van der Waals surface area contributed by atoms with Gasteiger partial charge in [-0.1, -0.05) is 28.1 Å². The van der Waals surface area contributed by atoms with Gasteiger partial charge in [0.2, 0.25) is 0 Å². The third-order valence-electron chi connectivity index (χ3n) is 5.61. The van der Waals surface area contributed by atoms with Gasteiger partial charge in [0.15, 0.2) is 0 Å². The number of pyridine rings is 1. The number of piperazine rings is 1. The molecule has 2 aromatic heterocycles. The minimum atomic E-state index is -0.973. The zero-order valence-corrected chi connectivity index (χ0v) is 18.4. The van der Waals surface area contributed by atoms with E-state index in [4.69, 9.17) is 0 Å². The van der Waals surface area contributed by atoms with Crippen LogP contribution in [0, 0.1) is 0 Å². The maximum atomic E-state index is 12.3. The van der Waals surface area contributed by atoms with E-state index in [9.17, 15) is 19.8 Å². The Hall–Kier alpha value is -2.75. The topological polar surface area (TPSA) is 98.9 Å². The summed E-state index contributed by atoms with van der Waals surface area (Å²) in [7, 11) is 0. The van der Waals surface area contributed by atoms with Crippen molar-refractivity contribution < 1.29 is 19.8 Å². The number of fused-ring (bicyclic) bond motifs is 1. The van der Waals surface area contributed by atoms with E-state index in [-0.39, 0.29) is 6.54 Å². The van der Waals surface area contributed by atoms with Crippen LogP contribution in [0.3, 0.4) is 0 Å². The molecule has 0 saturated carbocycles. The number of carboxylic acids is 2. The Morgan fingerprint density at radius 1 is 1.13 bits per heavy atom. The lowest BCUT2D eigenvalue weighted by molar-refractivity contribution is -0.144. The number of hydrogen-bond acceptors (Lipinski definition) is 5. The largest absolute Gasteiger partial charge is 0.480 e. The Kier molecular flexibility index (Phi) is 6.35. The fourth-order valence-corrected chi connectivity index (χ4v) is 4.55. The Morgan fingerprint density at radius 3 is 2.55 bits per heavy atom. The Labute approximate surface area is 187 Å². The molecular formula is C22H23BrN4O4. The maximum absolute atomic E-state index is 12.3. The fourth-order valence-electron chi connectivity index (χ4n) is 4.20. The molecule has 2 N–H and O–H groups in total. The number of halogens is 1. The molecule has 0 bridgehead atoms. The van der Waals surface area contributed by atoms with Crippen molar-refractivity contribution in [1.29, 1.82) is 0 Å². The highest BCUT2D eigenvalue weighted by molar-refractivity contribution is 9.10. The van der Waals surface area contributed by atoms with Crippen LogP contribution in [0.15, 0.2) is 53.4 Å². The number of aliphatic carboxylic acids is 2. The second kappa shape index (κ2) is 9.17. The molecule has 1 aromatic carbocycles. The molecule has 162 valence electrons. The molecule has 0 amide bonds. The smallest absolute Gasteiger partial charge is 0.325 e. The molecule has 3 heterocycles. The average Bonchev–Trinajstić information content (AvgIpc) is 3.06. The number of carboxylic acid groups (broad SMARTS) is 2. The first kappa shape index (κ1) is 21.5. The molecule has 0 spiro atoms. The van der Waals surface area contributed by atoms with Crippen molar-refractivity contribution in [3.8, 4) is 0 Å². The summed E-state index contributed by atoms with van der Waals surface area (Å²) < 4.78 is 2.42. The van der Waals surface area contributed by atoms with E-state index in [0.29, 0.717) is 24.2 Å². The van der Waals surface area contributed by atoms with Gasteiger partial charge in [-0.05, 0) is 23.8 Å². The van der Waals surface area contributed by atoms with Crippen LogP contribution in [0.4, 0.5) is 0 Å². The second-order valence-corrected chi connectivity index (χ2v) is 8.60. The predicted octanol–water partition coefficient (Wildman–Crippen LogP) is 2.83. The molecule has 31 heavy (non-hydrogen) atoms. The summed E-state index contributed by atoms with van der Waals surface area (Å²) in [5.74, 6) is -1.91. The van der Waals surface area contributed by atoms with Crippen LogP contribution in [0.25, 0.3) is 10.9 Å². The Morgan fingerprint density at radius 2 is 1.90 bits per heavy atom. The third-order valence-corrected chi connectivity index (χ3v) is 6.10. The van der Waals surface area contributed by atoms with E-state index in [0.717, 1.165) is 35.1 Å². The summed E-state index contributed by atoms with van der Waals surface area (Å²) in [5, 5.41) is 20.1. The van der Waals surface area contributed by atoms with Crippen molar-refractivity contribution in [3.05, 3.63) is 64.5 Å². The molecule has 0 unspecified atom stereocenters. The molecule has 4 rings (SSSR count). The molecule has 0 aliphatic carbocycles. The standard InChI is InChI=1S/C22H23BrN4O4/c23-16-3-4-17-18(13-27(14-20(28)29)19(17)10-16)21(22(30)31)26-8-6-25(7-9-26)12-15-2-1-5-24-11-15/h1-5,10-11,13,21H,6-9,12,14H2,(H,28,29)(H,30,31)/t21-/m1/s1. The second-order valence-electron chi connectivity index (χ2n) is 7.68. The first-order valence-corrected chi connectivity index (χ1v) is 10.8. The molecule has 3 aromatic rings. The van der Waals surface area contributed by atoms with Gasteiger partial charge in [0.25, 0.3) is 0 Å². The van der Waals surface area contributed by atoms with Gasteiger partial charge in [0.05, 0.1) is 5.52 Å². The quantitative estimate of drug-likeness (QED) is 0.529. The Bertz CT molecular complexity index is 1090. The Balaban J connectivity index is 1.58. The number of aromatic nitrogens is 2. The zero-order chi connectivity index (χ0) is 22.0. The summed E-state index contributed by atoms with van der Waals surface area (Å²) in [6.07, 6.45) is 5.27. The normalized spacial score (nSPS) is 16.4. The van der Waals surface area contributed by atoms with Gasteiger partial charge in [-0.25, -0.2) is 0 Å². The van der Waals surface area contributed by atoms with Crippen LogP contribution in [0.1, 0.15) is 17.2 Å². The van der Waals surface area contributed by atoms with Crippen molar-refractivity contribution in [3.63, 3.8) is 0 Å². The number of carbonyl (C=O) groups is 2. The first-order chi connectivity index (χ1) is 14.9. The molecular weight excluding hydrogens is 464 g/mol. The number of hydrogen-bond donors (Lipinski definition) is 2. The van der Waals surface area contributed by atoms with Crippen LogP contribution in [-0.4, -0.2) is 67.7 Å². The fraction of sp³-hybridized carbons (Fsp3) is 0.318. The minimum Gasteiger partial charge on any atom is -0.480 e. The van der Waals surface area contributed by atoms with Gasteiger partial charge >= 0.3 is 11.9 Å². The highest BCUT2D eigenvalue weighted by atomic mass is 79.9. The lowest BCUT2D eigenvalue weighted by atomic mass is 10.0. The van der Waals surface area contributed by atoms with Crippen LogP contribution in [0.5, 0.6) is 0 Å². The summed E-state index contributed by atoms with van der Waals surface area (Å²) in [5.41, 5.74) is 2.46. The van der Waals surface area contributed by atoms with E-state index in [1.165, 1.54) is 0 Å². The molecule has 1 aliphatic rings. The molecule has 1 aliphatic heterocycles.